The standard InChI is InChI=1S/C11H16ClN3O3S/c1-6(8-4-3-5-8)13-11(16)9-10(19(12,17)18)7(2)14-15-9/h6,8H,3-5H2,1-2H3,(H,13,16)(H,14,15). The summed E-state index contributed by atoms with van der Waals surface area (Å²) in [4.78, 5) is 11.8. The number of carbonyl (C=O) groups excluding carboxylic acids is 1. The summed E-state index contributed by atoms with van der Waals surface area (Å²) >= 11 is 0. The van der Waals surface area contributed by atoms with Gasteiger partial charge in [0.15, 0.2) is 5.69 Å². The van der Waals surface area contributed by atoms with E-state index in [2.05, 4.69) is 15.5 Å². The summed E-state index contributed by atoms with van der Waals surface area (Å²) in [7, 11) is 1.33. The smallest absolute Gasteiger partial charge is 0.273 e. The van der Waals surface area contributed by atoms with Crippen molar-refractivity contribution in [3.8, 4) is 0 Å². The Hall–Kier alpha value is -1.08. The second-order valence-corrected chi connectivity index (χ2v) is 7.42. The van der Waals surface area contributed by atoms with Crippen molar-refractivity contribution in [2.75, 3.05) is 0 Å². The van der Waals surface area contributed by atoms with Crippen LogP contribution in [0, 0.1) is 12.8 Å². The number of H-pyrrole nitrogens is 1. The molecule has 1 aliphatic rings. The number of hydrogen-bond donors (Lipinski definition) is 2. The Balaban J connectivity index is 2.20. The van der Waals surface area contributed by atoms with E-state index in [1.165, 1.54) is 13.3 Å². The van der Waals surface area contributed by atoms with Crippen molar-refractivity contribution in [1.29, 1.82) is 0 Å². The van der Waals surface area contributed by atoms with Crippen molar-refractivity contribution in [2.45, 2.75) is 44.0 Å². The molecule has 106 valence electrons. The number of aryl methyl sites for hydroxylation is 1. The molecule has 6 nitrogen and oxygen atoms in total. The first kappa shape index (κ1) is 14.3. The summed E-state index contributed by atoms with van der Waals surface area (Å²) in [6.45, 7) is 3.42. The zero-order chi connectivity index (χ0) is 14.2. The molecule has 1 aromatic rings. The van der Waals surface area contributed by atoms with Crippen molar-refractivity contribution in [3.63, 3.8) is 0 Å². The summed E-state index contributed by atoms with van der Waals surface area (Å²) in [5.41, 5.74) is 0.0927. The highest BCUT2D eigenvalue weighted by Crippen LogP contribution is 2.29. The summed E-state index contributed by atoms with van der Waals surface area (Å²) in [6.07, 6.45) is 3.34. The van der Waals surface area contributed by atoms with Crippen LogP contribution in [-0.2, 0) is 9.05 Å². The van der Waals surface area contributed by atoms with Crippen molar-refractivity contribution in [3.05, 3.63) is 11.4 Å². The number of amides is 1. The molecule has 0 saturated heterocycles. The Morgan fingerprint density at radius 2 is 2.16 bits per heavy atom. The lowest BCUT2D eigenvalue weighted by Gasteiger charge is -2.31. The number of nitrogens with one attached hydrogen (secondary N) is 2. The Kier molecular flexibility index (Phi) is 3.87. The quantitative estimate of drug-likeness (QED) is 0.826. The van der Waals surface area contributed by atoms with Gasteiger partial charge in [-0.05, 0) is 32.6 Å². The lowest BCUT2D eigenvalue weighted by Crippen LogP contribution is -2.41. The molecular formula is C11H16ClN3O3S. The summed E-state index contributed by atoms with van der Waals surface area (Å²) < 4.78 is 22.9. The van der Waals surface area contributed by atoms with Gasteiger partial charge in [0.25, 0.3) is 15.0 Å². The highest BCUT2D eigenvalue weighted by Gasteiger charge is 2.30. The summed E-state index contributed by atoms with van der Waals surface area (Å²) in [5.74, 6) is -0.0528. The van der Waals surface area contributed by atoms with Gasteiger partial charge in [-0.25, -0.2) is 8.42 Å². The van der Waals surface area contributed by atoms with Crippen LogP contribution in [0.5, 0.6) is 0 Å². The van der Waals surface area contributed by atoms with Gasteiger partial charge in [0.1, 0.15) is 4.90 Å². The molecule has 1 amide bonds. The maximum absolute atomic E-state index is 12.1. The van der Waals surface area contributed by atoms with Crippen molar-refractivity contribution >= 4 is 25.6 Å². The Labute approximate surface area is 116 Å². The first-order chi connectivity index (χ1) is 8.80. The molecule has 1 fully saturated rings. The van der Waals surface area contributed by atoms with E-state index in [0.29, 0.717) is 5.92 Å². The van der Waals surface area contributed by atoms with Gasteiger partial charge in [-0.3, -0.25) is 9.89 Å². The zero-order valence-corrected chi connectivity index (χ0v) is 12.3. The molecule has 1 unspecified atom stereocenters. The molecule has 1 aliphatic carbocycles. The molecule has 1 aromatic heterocycles. The largest absolute Gasteiger partial charge is 0.348 e. The molecule has 1 heterocycles. The predicted molar refractivity (Wildman–Crippen MR) is 70.6 cm³/mol. The van der Waals surface area contributed by atoms with Crippen LogP contribution in [0.15, 0.2) is 4.90 Å². The van der Waals surface area contributed by atoms with Crippen molar-refractivity contribution in [2.24, 2.45) is 5.92 Å². The third-order valence-electron chi connectivity index (χ3n) is 3.57. The third kappa shape index (κ3) is 2.92. The minimum Gasteiger partial charge on any atom is -0.348 e. The lowest BCUT2D eigenvalue weighted by molar-refractivity contribution is 0.0901. The molecule has 8 heteroatoms. The molecule has 0 radical (unpaired) electrons. The average Bonchev–Trinajstić information content (AvgIpc) is 2.56. The fraction of sp³-hybridized carbons (Fsp3) is 0.636. The minimum atomic E-state index is -4.00. The van der Waals surface area contributed by atoms with Crippen molar-refractivity contribution in [1.82, 2.24) is 15.5 Å². The molecule has 0 aliphatic heterocycles. The topological polar surface area (TPSA) is 91.9 Å². The molecular weight excluding hydrogens is 290 g/mol. The molecule has 2 N–H and O–H groups in total. The normalized spacial score (nSPS) is 17.8. The van der Waals surface area contributed by atoms with E-state index in [1.807, 2.05) is 6.92 Å². The van der Waals surface area contributed by atoms with Gasteiger partial charge in [0.2, 0.25) is 0 Å². The first-order valence-corrected chi connectivity index (χ1v) is 8.42. The SMILES string of the molecule is Cc1[nH]nc(C(=O)NC(C)C2CCC2)c1S(=O)(=O)Cl. The molecule has 1 saturated carbocycles. The minimum absolute atomic E-state index is 0.00383. The monoisotopic (exact) mass is 305 g/mol. The lowest BCUT2D eigenvalue weighted by atomic mass is 9.80. The molecule has 0 bridgehead atoms. The maximum Gasteiger partial charge on any atom is 0.273 e. The number of rotatable bonds is 4. The number of nitrogens with zero attached hydrogens (tertiary/aromatic N) is 1. The predicted octanol–water partition coefficient (Wildman–Crippen LogP) is 1.56. The van der Waals surface area contributed by atoms with E-state index in [1.54, 1.807) is 0 Å². The fourth-order valence-corrected chi connectivity index (χ4v) is 3.55. The van der Waals surface area contributed by atoms with E-state index >= 15 is 0 Å². The third-order valence-corrected chi connectivity index (χ3v) is 5.02. The van der Waals surface area contributed by atoms with Crippen LogP contribution in [0.2, 0.25) is 0 Å². The van der Waals surface area contributed by atoms with E-state index in [0.717, 1.165) is 12.8 Å². The van der Waals surface area contributed by atoms with Gasteiger partial charge >= 0.3 is 0 Å². The second-order valence-electron chi connectivity index (χ2n) is 4.92. The number of hydrogen-bond acceptors (Lipinski definition) is 4. The van der Waals surface area contributed by atoms with Crippen LogP contribution in [0.3, 0.4) is 0 Å². The molecule has 1 atom stereocenters. The van der Waals surface area contributed by atoms with Crippen LogP contribution in [0.25, 0.3) is 0 Å². The summed E-state index contributed by atoms with van der Waals surface area (Å²) in [6, 6.07) is 0.00383. The van der Waals surface area contributed by atoms with Gasteiger partial charge in [0, 0.05) is 16.7 Å². The van der Waals surface area contributed by atoms with E-state index in [9.17, 15) is 13.2 Å². The van der Waals surface area contributed by atoms with Crippen LogP contribution in [-0.4, -0.2) is 30.6 Å². The van der Waals surface area contributed by atoms with E-state index in [-0.39, 0.29) is 22.3 Å². The number of halogens is 1. The van der Waals surface area contributed by atoms with E-state index in [4.69, 9.17) is 10.7 Å². The molecule has 0 aromatic carbocycles. The van der Waals surface area contributed by atoms with Gasteiger partial charge < -0.3 is 5.32 Å². The highest BCUT2D eigenvalue weighted by atomic mass is 35.7. The number of aromatic nitrogens is 2. The van der Waals surface area contributed by atoms with Gasteiger partial charge in [-0.1, -0.05) is 6.42 Å². The van der Waals surface area contributed by atoms with Crippen LogP contribution >= 0.6 is 10.7 Å². The fourth-order valence-electron chi connectivity index (χ4n) is 2.20. The van der Waals surface area contributed by atoms with Crippen LogP contribution < -0.4 is 5.32 Å². The molecule has 2 rings (SSSR count). The first-order valence-electron chi connectivity index (χ1n) is 6.11. The van der Waals surface area contributed by atoms with Gasteiger partial charge in [0.05, 0.1) is 5.69 Å². The number of carbonyl (C=O) groups is 1. The highest BCUT2D eigenvalue weighted by molar-refractivity contribution is 8.13. The van der Waals surface area contributed by atoms with E-state index < -0.39 is 15.0 Å². The van der Waals surface area contributed by atoms with Gasteiger partial charge in [-0.15, -0.1) is 0 Å². The Bertz CT molecular complexity index is 592. The summed E-state index contributed by atoms with van der Waals surface area (Å²) in [5, 5.41) is 9.00. The zero-order valence-electron chi connectivity index (χ0n) is 10.7. The number of aromatic amines is 1. The molecule has 19 heavy (non-hydrogen) atoms. The van der Waals surface area contributed by atoms with Crippen LogP contribution in [0.4, 0.5) is 0 Å². The Morgan fingerprint density at radius 1 is 1.53 bits per heavy atom. The molecule has 0 spiro atoms. The average molecular weight is 306 g/mol. The van der Waals surface area contributed by atoms with Gasteiger partial charge in [-0.2, -0.15) is 5.10 Å². The van der Waals surface area contributed by atoms with Crippen LogP contribution in [0.1, 0.15) is 42.4 Å². The second kappa shape index (κ2) is 5.13. The van der Waals surface area contributed by atoms with Crippen molar-refractivity contribution < 1.29 is 13.2 Å². The maximum atomic E-state index is 12.1. The Morgan fingerprint density at radius 3 is 2.63 bits per heavy atom.